The van der Waals surface area contributed by atoms with Crippen LogP contribution in [0.4, 0.5) is 0 Å². The van der Waals surface area contributed by atoms with Gasteiger partial charge >= 0.3 is 5.97 Å². The summed E-state index contributed by atoms with van der Waals surface area (Å²) < 4.78 is 0. The number of para-hydroxylation sites is 1. The number of nitrogens with zero attached hydrogens (tertiary/aromatic N) is 2. The predicted octanol–water partition coefficient (Wildman–Crippen LogP) is 3.93. The van der Waals surface area contributed by atoms with Crippen LogP contribution < -0.4 is 0 Å². The van der Waals surface area contributed by atoms with Crippen molar-refractivity contribution >= 4 is 28.2 Å². The minimum absolute atomic E-state index is 0.107. The molecule has 2 aromatic heterocycles. The average molecular weight is 338 g/mol. The molecular weight excluding hydrogens is 320 g/mol. The molecule has 4 nitrogen and oxygen atoms in total. The van der Waals surface area contributed by atoms with Crippen molar-refractivity contribution in [2.24, 2.45) is 0 Å². The van der Waals surface area contributed by atoms with E-state index >= 15 is 0 Å². The molecule has 0 aliphatic carbocycles. The van der Waals surface area contributed by atoms with E-state index in [2.05, 4.69) is 22.4 Å². The molecule has 3 heterocycles. The monoisotopic (exact) mass is 338 g/mol. The summed E-state index contributed by atoms with van der Waals surface area (Å²) in [6.07, 6.45) is 1.61. The minimum Gasteiger partial charge on any atom is -0.480 e. The van der Waals surface area contributed by atoms with Crippen molar-refractivity contribution in [3.8, 4) is 0 Å². The first-order valence-electron chi connectivity index (χ1n) is 8.10. The summed E-state index contributed by atoms with van der Waals surface area (Å²) in [6, 6.07) is 13.7. The molecule has 2 unspecified atom stereocenters. The molecule has 2 atom stereocenters. The summed E-state index contributed by atoms with van der Waals surface area (Å²) in [5.41, 5.74) is 2.98. The van der Waals surface area contributed by atoms with Crippen LogP contribution in [0.5, 0.6) is 0 Å². The van der Waals surface area contributed by atoms with Crippen LogP contribution in [0.3, 0.4) is 0 Å². The maximum atomic E-state index is 11.7. The van der Waals surface area contributed by atoms with Gasteiger partial charge in [-0.25, -0.2) is 0 Å². The van der Waals surface area contributed by atoms with Crippen molar-refractivity contribution in [3.63, 3.8) is 0 Å². The molecule has 0 amide bonds. The Kier molecular flexibility index (Phi) is 4.04. The van der Waals surface area contributed by atoms with E-state index in [1.54, 1.807) is 11.3 Å². The number of carboxylic acid groups (broad SMARTS) is 1. The quantitative estimate of drug-likeness (QED) is 0.783. The molecule has 1 fully saturated rings. The van der Waals surface area contributed by atoms with Crippen LogP contribution in [0, 0.1) is 0 Å². The highest BCUT2D eigenvalue weighted by molar-refractivity contribution is 7.08. The molecular formula is C19H18N2O2S. The number of benzene rings is 1. The normalized spacial score (nSPS) is 19.6. The maximum absolute atomic E-state index is 11.7. The molecule has 1 aromatic carbocycles. The smallest absolute Gasteiger partial charge is 0.320 e. The lowest BCUT2D eigenvalue weighted by atomic mass is 10.0. The largest absolute Gasteiger partial charge is 0.480 e. The zero-order valence-electron chi connectivity index (χ0n) is 13.1. The zero-order valence-corrected chi connectivity index (χ0v) is 13.9. The Bertz CT molecular complexity index is 863. The van der Waals surface area contributed by atoms with Gasteiger partial charge in [0.15, 0.2) is 0 Å². The number of hydrogen-bond donors (Lipinski definition) is 1. The molecule has 1 N–H and O–H groups in total. The Balaban J connectivity index is 1.81. The third-order valence-electron chi connectivity index (χ3n) is 4.67. The topological polar surface area (TPSA) is 53.4 Å². The number of rotatable bonds is 4. The Labute approximate surface area is 144 Å². The van der Waals surface area contributed by atoms with Gasteiger partial charge in [0.05, 0.1) is 17.3 Å². The predicted molar refractivity (Wildman–Crippen MR) is 95.3 cm³/mol. The fourth-order valence-corrected chi connectivity index (χ4v) is 4.24. The van der Waals surface area contributed by atoms with Crippen LogP contribution in [0.25, 0.3) is 10.9 Å². The summed E-state index contributed by atoms with van der Waals surface area (Å²) in [5, 5.41) is 14.8. The first-order chi connectivity index (χ1) is 11.7. The molecule has 5 heteroatoms. The van der Waals surface area contributed by atoms with E-state index in [0.29, 0.717) is 6.42 Å². The third-order valence-corrected chi connectivity index (χ3v) is 5.37. The van der Waals surface area contributed by atoms with E-state index in [4.69, 9.17) is 4.98 Å². The van der Waals surface area contributed by atoms with E-state index in [9.17, 15) is 9.90 Å². The molecule has 0 spiro atoms. The van der Waals surface area contributed by atoms with Crippen LogP contribution in [0.2, 0.25) is 0 Å². The highest BCUT2D eigenvalue weighted by atomic mass is 32.1. The lowest BCUT2D eigenvalue weighted by Gasteiger charge is -2.30. The SMILES string of the molecule is O=C(O)C1CCCN1C(c1ccsc1)c1ccc2ccccc2n1. The average Bonchev–Trinajstić information content (AvgIpc) is 3.27. The van der Waals surface area contributed by atoms with Crippen LogP contribution in [-0.4, -0.2) is 33.5 Å². The van der Waals surface area contributed by atoms with E-state index < -0.39 is 12.0 Å². The highest BCUT2D eigenvalue weighted by Crippen LogP contribution is 2.35. The molecule has 1 aliphatic heterocycles. The Morgan fingerprint density at radius 3 is 2.92 bits per heavy atom. The number of aromatic nitrogens is 1. The van der Waals surface area contributed by atoms with Crippen LogP contribution in [-0.2, 0) is 4.79 Å². The van der Waals surface area contributed by atoms with Gasteiger partial charge in [0.2, 0.25) is 0 Å². The molecule has 0 bridgehead atoms. The van der Waals surface area contributed by atoms with Crippen LogP contribution in [0.1, 0.15) is 30.1 Å². The van der Waals surface area contributed by atoms with Gasteiger partial charge in [-0.3, -0.25) is 14.7 Å². The van der Waals surface area contributed by atoms with Crippen molar-refractivity contribution in [1.29, 1.82) is 0 Å². The van der Waals surface area contributed by atoms with Gasteiger partial charge < -0.3 is 5.11 Å². The molecule has 122 valence electrons. The van der Waals surface area contributed by atoms with Gasteiger partial charge in [-0.2, -0.15) is 11.3 Å². The third kappa shape index (κ3) is 2.70. The van der Waals surface area contributed by atoms with Gasteiger partial charge in [-0.15, -0.1) is 0 Å². The van der Waals surface area contributed by atoms with E-state index in [-0.39, 0.29) is 6.04 Å². The highest BCUT2D eigenvalue weighted by Gasteiger charge is 2.37. The summed E-state index contributed by atoms with van der Waals surface area (Å²) >= 11 is 1.63. The Morgan fingerprint density at radius 2 is 2.12 bits per heavy atom. The van der Waals surface area contributed by atoms with Crippen molar-refractivity contribution < 1.29 is 9.90 Å². The van der Waals surface area contributed by atoms with Crippen molar-refractivity contribution in [2.75, 3.05) is 6.54 Å². The number of carboxylic acids is 1. The molecule has 1 aliphatic rings. The fraction of sp³-hybridized carbons (Fsp3) is 0.263. The number of aliphatic carboxylic acids is 1. The summed E-state index contributed by atoms with van der Waals surface area (Å²) in [5.74, 6) is -0.742. The lowest BCUT2D eigenvalue weighted by Crippen LogP contribution is -2.39. The van der Waals surface area contributed by atoms with Crippen molar-refractivity contribution in [3.05, 3.63) is 64.5 Å². The van der Waals surface area contributed by atoms with Gasteiger partial charge in [0.1, 0.15) is 6.04 Å². The second-order valence-corrected chi connectivity index (χ2v) is 6.90. The molecule has 0 saturated carbocycles. The summed E-state index contributed by atoms with van der Waals surface area (Å²) in [4.78, 5) is 18.6. The molecule has 24 heavy (non-hydrogen) atoms. The van der Waals surface area contributed by atoms with E-state index in [1.807, 2.05) is 35.7 Å². The van der Waals surface area contributed by atoms with Crippen LogP contribution >= 0.6 is 11.3 Å². The second kappa shape index (κ2) is 6.34. The van der Waals surface area contributed by atoms with E-state index in [0.717, 1.165) is 35.1 Å². The van der Waals surface area contributed by atoms with Gasteiger partial charge in [-0.05, 0) is 47.4 Å². The molecule has 3 aromatic rings. The number of pyridine rings is 1. The zero-order chi connectivity index (χ0) is 16.5. The summed E-state index contributed by atoms with van der Waals surface area (Å²) in [6.45, 7) is 0.784. The van der Waals surface area contributed by atoms with Crippen molar-refractivity contribution in [1.82, 2.24) is 9.88 Å². The maximum Gasteiger partial charge on any atom is 0.320 e. The minimum atomic E-state index is -0.742. The van der Waals surface area contributed by atoms with E-state index in [1.165, 1.54) is 0 Å². The first-order valence-corrected chi connectivity index (χ1v) is 9.04. The molecule has 4 rings (SSSR count). The number of thiophene rings is 1. The number of fused-ring (bicyclic) bond motifs is 1. The Hall–Kier alpha value is -2.24. The first kappa shape index (κ1) is 15.3. The standard InChI is InChI=1S/C19H18N2O2S/c22-19(23)17-6-3-10-21(17)18(14-9-11-24-12-14)16-8-7-13-4-1-2-5-15(13)20-16/h1-2,4-5,7-9,11-12,17-18H,3,6,10H2,(H,22,23). The van der Waals surface area contributed by atoms with Gasteiger partial charge in [0.25, 0.3) is 0 Å². The van der Waals surface area contributed by atoms with Gasteiger partial charge in [0, 0.05) is 11.9 Å². The lowest BCUT2D eigenvalue weighted by molar-refractivity contribution is -0.142. The Morgan fingerprint density at radius 1 is 1.25 bits per heavy atom. The number of carbonyl (C=O) groups is 1. The van der Waals surface area contributed by atoms with Crippen LogP contribution in [0.15, 0.2) is 53.2 Å². The summed E-state index contributed by atoms with van der Waals surface area (Å²) in [7, 11) is 0. The van der Waals surface area contributed by atoms with Crippen molar-refractivity contribution in [2.45, 2.75) is 24.9 Å². The second-order valence-electron chi connectivity index (χ2n) is 6.12. The number of likely N-dealkylation sites (tertiary alicyclic amines) is 1. The fourth-order valence-electron chi connectivity index (χ4n) is 3.56. The molecule has 0 radical (unpaired) electrons. The van der Waals surface area contributed by atoms with Gasteiger partial charge in [-0.1, -0.05) is 24.3 Å². The number of hydrogen-bond acceptors (Lipinski definition) is 4. The molecule has 1 saturated heterocycles.